The van der Waals surface area contributed by atoms with Crippen LogP contribution in [0.3, 0.4) is 0 Å². The maximum absolute atomic E-state index is 11.1. The molecule has 23 heavy (non-hydrogen) atoms. The fraction of sp³-hybridized carbons (Fsp3) is 0.611. The van der Waals surface area contributed by atoms with Gasteiger partial charge < -0.3 is 14.6 Å². The van der Waals surface area contributed by atoms with Crippen molar-refractivity contribution in [1.29, 1.82) is 0 Å². The van der Waals surface area contributed by atoms with Gasteiger partial charge in [-0.2, -0.15) is 11.8 Å². The Balaban J connectivity index is 1.76. The number of thioether (sulfide) groups is 1. The van der Waals surface area contributed by atoms with Gasteiger partial charge in [0.15, 0.2) is 11.5 Å². The molecule has 2 atom stereocenters. The van der Waals surface area contributed by atoms with Crippen LogP contribution in [0.2, 0.25) is 0 Å². The second-order valence-electron chi connectivity index (χ2n) is 6.41. The van der Waals surface area contributed by atoms with Gasteiger partial charge in [0.05, 0.1) is 13.5 Å². The topological polar surface area (TPSA) is 55.8 Å². The first-order chi connectivity index (χ1) is 11.2. The molecule has 2 aliphatic rings. The molecule has 0 radical (unpaired) electrons. The highest BCUT2D eigenvalue weighted by Gasteiger charge is 2.34. The molecule has 0 aromatic heterocycles. The summed E-state index contributed by atoms with van der Waals surface area (Å²) < 4.78 is 11.6. The zero-order chi connectivity index (χ0) is 16.2. The number of ether oxygens (including phenoxy) is 2. The Morgan fingerprint density at radius 3 is 2.78 bits per heavy atom. The van der Waals surface area contributed by atoms with E-state index in [1.807, 2.05) is 30.0 Å². The fourth-order valence-electron chi connectivity index (χ4n) is 3.24. The Bertz CT molecular complexity index is 550. The molecule has 1 N–H and O–H groups in total. The molecule has 1 aliphatic carbocycles. The number of carboxylic acid groups (broad SMARTS) is 1. The first-order valence-corrected chi connectivity index (χ1v) is 9.47. The Morgan fingerprint density at radius 2 is 2.17 bits per heavy atom. The minimum Gasteiger partial charge on any atom is -0.493 e. The van der Waals surface area contributed by atoms with Gasteiger partial charge in [-0.3, -0.25) is 4.79 Å². The third-order valence-corrected chi connectivity index (χ3v) is 5.80. The molecule has 3 rings (SSSR count). The van der Waals surface area contributed by atoms with Gasteiger partial charge in [0.2, 0.25) is 0 Å². The zero-order valence-corrected chi connectivity index (χ0v) is 14.3. The number of aliphatic carboxylic acids is 1. The Labute approximate surface area is 141 Å². The maximum atomic E-state index is 11.1. The highest BCUT2D eigenvalue weighted by atomic mass is 32.2. The van der Waals surface area contributed by atoms with Crippen LogP contribution in [0, 0.1) is 5.92 Å². The van der Waals surface area contributed by atoms with E-state index in [1.54, 1.807) is 7.11 Å². The Hall–Kier alpha value is -1.36. The molecular formula is C18H24O4S. The van der Waals surface area contributed by atoms with Crippen LogP contribution >= 0.6 is 11.8 Å². The third-order valence-electron chi connectivity index (χ3n) is 4.61. The molecule has 2 fully saturated rings. The fourth-order valence-corrected chi connectivity index (χ4v) is 4.27. The summed E-state index contributed by atoms with van der Waals surface area (Å²) in [7, 11) is 1.64. The summed E-state index contributed by atoms with van der Waals surface area (Å²) in [6, 6.07) is 5.93. The first kappa shape index (κ1) is 16.5. The third kappa shape index (κ3) is 4.34. The minimum atomic E-state index is -0.736. The summed E-state index contributed by atoms with van der Waals surface area (Å²) in [5.74, 6) is 3.57. The molecule has 1 saturated carbocycles. The van der Waals surface area contributed by atoms with Gasteiger partial charge in [-0.05, 0) is 61.0 Å². The molecule has 2 unspecified atom stereocenters. The molecule has 1 aliphatic heterocycles. The van der Waals surface area contributed by atoms with Gasteiger partial charge in [-0.15, -0.1) is 0 Å². The second-order valence-corrected chi connectivity index (χ2v) is 7.56. The summed E-state index contributed by atoms with van der Waals surface area (Å²) in [6.07, 6.45) is 4.95. The van der Waals surface area contributed by atoms with Crippen molar-refractivity contribution >= 4 is 17.7 Å². The quantitative estimate of drug-likeness (QED) is 0.817. The molecule has 5 heteroatoms. The summed E-state index contributed by atoms with van der Waals surface area (Å²) in [6.45, 7) is 0. The number of hydrogen-bond acceptors (Lipinski definition) is 4. The van der Waals surface area contributed by atoms with E-state index < -0.39 is 5.97 Å². The van der Waals surface area contributed by atoms with E-state index in [0.29, 0.717) is 11.7 Å². The van der Waals surface area contributed by atoms with Gasteiger partial charge in [0.1, 0.15) is 6.10 Å². The first-order valence-electron chi connectivity index (χ1n) is 8.31. The summed E-state index contributed by atoms with van der Waals surface area (Å²) in [5.41, 5.74) is 1.05. The lowest BCUT2D eigenvalue weighted by Crippen LogP contribution is -2.23. The van der Waals surface area contributed by atoms with Crippen LogP contribution < -0.4 is 9.47 Å². The summed E-state index contributed by atoms with van der Waals surface area (Å²) in [4.78, 5) is 11.1. The zero-order valence-electron chi connectivity index (χ0n) is 13.5. The highest BCUT2D eigenvalue weighted by Crippen LogP contribution is 2.46. The van der Waals surface area contributed by atoms with E-state index in [2.05, 4.69) is 0 Å². The molecular weight excluding hydrogens is 312 g/mol. The average Bonchev–Trinajstić information content (AvgIpc) is 3.39. The van der Waals surface area contributed by atoms with Crippen LogP contribution in [-0.4, -0.2) is 35.8 Å². The Kier molecular flexibility index (Phi) is 5.36. The standard InChI is InChI=1S/C18H24O4S/c1-21-17-9-13(15(10-18(19)20)12-4-5-12)6-7-16(17)22-14-3-2-8-23-11-14/h6-7,9,12,14-15H,2-5,8,10-11H2,1H3,(H,19,20). The molecule has 0 amide bonds. The van der Waals surface area contributed by atoms with Crippen molar-refractivity contribution in [3.8, 4) is 11.5 Å². The van der Waals surface area contributed by atoms with Crippen molar-refractivity contribution in [2.24, 2.45) is 5.92 Å². The number of methoxy groups -OCH3 is 1. The molecule has 1 heterocycles. The number of rotatable bonds is 7. The van der Waals surface area contributed by atoms with E-state index >= 15 is 0 Å². The molecule has 126 valence electrons. The summed E-state index contributed by atoms with van der Waals surface area (Å²) >= 11 is 1.93. The SMILES string of the molecule is COc1cc(C(CC(=O)O)C2CC2)ccc1OC1CCCSC1. The van der Waals surface area contributed by atoms with Crippen LogP contribution in [0.25, 0.3) is 0 Å². The van der Waals surface area contributed by atoms with Crippen LogP contribution in [-0.2, 0) is 4.79 Å². The van der Waals surface area contributed by atoms with E-state index in [-0.39, 0.29) is 18.4 Å². The summed E-state index contributed by atoms with van der Waals surface area (Å²) in [5, 5.41) is 9.16. The average molecular weight is 336 g/mol. The van der Waals surface area contributed by atoms with Crippen LogP contribution in [0.5, 0.6) is 11.5 Å². The van der Waals surface area contributed by atoms with Gasteiger partial charge in [-0.25, -0.2) is 0 Å². The maximum Gasteiger partial charge on any atom is 0.303 e. The van der Waals surface area contributed by atoms with Gasteiger partial charge in [0, 0.05) is 5.75 Å². The van der Waals surface area contributed by atoms with Crippen molar-refractivity contribution in [2.75, 3.05) is 18.6 Å². The molecule has 4 nitrogen and oxygen atoms in total. The normalized spacial score (nSPS) is 22.4. The van der Waals surface area contributed by atoms with E-state index in [1.165, 1.54) is 12.2 Å². The largest absolute Gasteiger partial charge is 0.493 e. The predicted molar refractivity (Wildman–Crippen MR) is 91.7 cm³/mol. The van der Waals surface area contributed by atoms with Crippen molar-refractivity contribution in [1.82, 2.24) is 0 Å². The minimum absolute atomic E-state index is 0.0840. The molecule has 1 aromatic rings. The lowest BCUT2D eigenvalue weighted by molar-refractivity contribution is -0.137. The predicted octanol–water partition coefficient (Wildman–Crippen LogP) is 3.94. The molecule has 1 aromatic carbocycles. The van der Waals surface area contributed by atoms with Crippen molar-refractivity contribution < 1.29 is 19.4 Å². The van der Waals surface area contributed by atoms with E-state index in [9.17, 15) is 4.79 Å². The van der Waals surface area contributed by atoms with Gasteiger partial charge >= 0.3 is 5.97 Å². The smallest absolute Gasteiger partial charge is 0.303 e. The molecule has 1 saturated heterocycles. The number of benzene rings is 1. The Morgan fingerprint density at radius 1 is 1.35 bits per heavy atom. The van der Waals surface area contributed by atoms with E-state index in [4.69, 9.17) is 14.6 Å². The number of carboxylic acids is 1. The highest BCUT2D eigenvalue weighted by molar-refractivity contribution is 7.99. The lowest BCUT2D eigenvalue weighted by atomic mass is 9.91. The van der Waals surface area contributed by atoms with Crippen molar-refractivity contribution in [3.05, 3.63) is 23.8 Å². The van der Waals surface area contributed by atoms with Gasteiger partial charge in [-0.1, -0.05) is 6.07 Å². The van der Waals surface area contributed by atoms with Gasteiger partial charge in [0.25, 0.3) is 0 Å². The number of carbonyl (C=O) groups is 1. The molecule has 0 bridgehead atoms. The van der Waals surface area contributed by atoms with E-state index in [0.717, 1.165) is 36.3 Å². The van der Waals surface area contributed by atoms with Crippen molar-refractivity contribution in [3.63, 3.8) is 0 Å². The second kappa shape index (κ2) is 7.47. The van der Waals surface area contributed by atoms with Crippen molar-refractivity contribution in [2.45, 2.75) is 44.1 Å². The van der Waals surface area contributed by atoms with Crippen LogP contribution in [0.1, 0.15) is 43.6 Å². The molecule has 0 spiro atoms. The monoisotopic (exact) mass is 336 g/mol. The van der Waals surface area contributed by atoms with Crippen LogP contribution in [0.15, 0.2) is 18.2 Å². The number of hydrogen-bond donors (Lipinski definition) is 1. The lowest BCUT2D eigenvalue weighted by Gasteiger charge is -2.24. The van der Waals surface area contributed by atoms with Crippen LogP contribution in [0.4, 0.5) is 0 Å².